The van der Waals surface area contributed by atoms with Crippen molar-refractivity contribution < 1.29 is 4.79 Å². The van der Waals surface area contributed by atoms with Crippen LogP contribution in [0, 0.1) is 6.92 Å². The normalized spacial score (nSPS) is 12.3. The fraction of sp³-hybridized carbons (Fsp3) is 0.350. The number of nitrogens with one attached hydrogen (secondary N) is 1. The molecule has 136 valence electrons. The van der Waals surface area contributed by atoms with E-state index < -0.39 is 0 Å². The molecule has 0 aliphatic rings. The molecule has 1 atom stereocenters. The monoisotopic (exact) mass is 369 g/mol. The first kappa shape index (κ1) is 18.3. The van der Waals surface area contributed by atoms with Crippen molar-refractivity contribution in [3.63, 3.8) is 0 Å². The second kappa shape index (κ2) is 7.83. The van der Waals surface area contributed by atoms with E-state index >= 15 is 0 Å². The molecule has 3 aromatic rings. The third-order valence-electron chi connectivity index (χ3n) is 4.52. The summed E-state index contributed by atoms with van der Waals surface area (Å²) in [6.45, 7) is 6.36. The van der Waals surface area contributed by atoms with Gasteiger partial charge in [-0.15, -0.1) is 11.3 Å². The minimum absolute atomic E-state index is 0.0459. The van der Waals surface area contributed by atoms with Gasteiger partial charge in [-0.1, -0.05) is 36.8 Å². The van der Waals surface area contributed by atoms with Crippen molar-refractivity contribution in [2.24, 2.45) is 0 Å². The molecule has 0 bridgehead atoms. The van der Waals surface area contributed by atoms with Crippen molar-refractivity contribution in [1.82, 2.24) is 14.9 Å². The zero-order chi connectivity index (χ0) is 18.7. The van der Waals surface area contributed by atoms with Gasteiger partial charge in [0.2, 0.25) is 5.91 Å². The van der Waals surface area contributed by atoms with Gasteiger partial charge < -0.3 is 5.32 Å². The Morgan fingerprint density at radius 2 is 2.04 bits per heavy atom. The predicted molar refractivity (Wildman–Crippen MR) is 107 cm³/mol. The van der Waals surface area contributed by atoms with Crippen molar-refractivity contribution >= 4 is 27.5 Å². The van der Waals surface area contributed by atoms with Gasteiger partial charge in [-0.2, -0.15) is 0 Å². The number of aromatic nitrogens is 2. The summed E-state index contributed by atoms with van der Waals surface area (Å²) in [5, 5.41) is 5.53. The van der Waals surface area contributed by atoms with Crippen LogP contribution in [0.2, 0.25) is 0 Å². The molecule has 1 aromatic carbocycles. The van der Waals surface area contributed by atoms with E-state index in [1.54, 1.807) is 0 Å². The molecule has 1 unspecified atom stereocenters. The van der Waals surface area contributed by atoms with Crippen LogP contribution in [0.4, 0.5) is 0 Å². The van der Waals surface area contributed by atoms with E-state index in [0.29, 0.717) is 11.9 Å². The van der Waals surface area contributed by atoms with Gasteiger partial charge in [0.1, 0.15) is 4.83 Å². The Hall–Kier alpha value is -2.47. The fourth-order valence-electron chi connectivity index (χ4n) is 2.74. The number of aryl methyl sites for hydroxylation is 2. The van der Waals surface area contributed by atoms with E-state index in [9.17, 15) is 9.59 Å². The molecule has 26 heavy (non-hydrogen) atoms. The number of carbonyl (C=O) groups is 1. The Morgan fingerprint density at radius 3 is 2.73 bits per heavy atom. The zero-order valence-electron chi connectivity index (χ0n) is 15.3. The van der Waals surface area contributed by atoms with Gasteiger partial charge >= 0.3 is 0 Å². The zero-order valence-corrected chi connectivity index (χ0v) is 16.1. The summed E-state index contributed by atoms with van der Waals surface area (Å²) in [4.78, 5) is 30.1. The van der Waals surface area contributed by atoms with E-state index in [-0.39, 0.29) is 23.9 Å². The summed E-state index contributed by atoms with van der Waals surface area (Å²) in [6, 6.07) is 8.25. The number of thiophene rings is 1. The molecule has 6 heteroatoms. The molecule has 1 N–H and O–H groups in total. The largest absolute Gasteiger partial charge is 0.354 e. The van der Waals surface area contributed by atoms with E-state index in [1.807, 2.05) is 50.4 Å². The van der Waals surface area contributed by atoms with Gasteiger partial charge in [0.25, 0.3) is 5.56 Å². The molecule has 2 aromatic heterocycles. The molecule has 3 rings (SSSR count). The van der Waals surface area contributed by atoms with Crippen LogP contribution in [-0.2, 0) is 11.3 Å². The smallest absolute Gasteiger partial charge is 0.262 e. The lowest BCUT2D eigenvalue weighted by Gasteiger charge is -2.11. The summed E-state index contributed by atoms with van der Waals surface area (Å²) in [7, 11) is 0. The van der Waals surface area contributed by atoms with Crippen LogP contribution in [0.5, 0.6) is 0 Å². The highest BCUT2D eigenvalue weighted by molar-refractivity contribution is 7.17. The van der Waals surface area contributed by atoms with Crippen LogP contribution < -0.4 is 10.9 Å². The maximum atomic E-state index is 12.9. The highest BCUT2D eigenvalue weighted by Crippen LogP contribution is 2.30. The van der Waals surface area contributed by atoms with E-state index in [1.165, 1.54) is 27.8 Å². The Bertz CT molecular complexity index is 973. The number of carbonyl (C=O) groups excluding carboxylic acids is 1. The van der Waals surface area contributed by atoms with Gasteiger partial charge in [0.05, 0.1) is 11.7 Å². The van der Waals surface area contributed by atoms with Crippen LogP contribution in [-0.4, -0.2) is 21.5 Å². The summed E-state index contributed by atoms with van der Waals surface area (Å²) >= 11 is 1.47. The average Bonchev–Trinajstić information content (AvgIpc) is 3.06. The van der Waals surface area contributed by atoms with Crippen molar-refractivity contribution in [1.29, 1.82) is 0 Å². The van der Waals surface area contributed by atoms with E-state index in [4.69, 9.17) is 0 Å². The number of hydrogen-bond donors (Lipinski definition) is 1. The highest BCUT2D eigenvalue weighted by Gasteiger charge is 2.14. The lowest BCUT2D eigenvalue weighted by Crippen LogP contribution is -2.33. The van der Waals surface area contributed by atoms with Gasteiger partial charge in [0.15, 0.2) is 0 Å². The predicted octanol–water partition coefficient (Wildman–Crippen LogP) is 3.74. The van der Waals surface area contributed by atoms with E-state index in [0.717, 1.165) is 22.4 Å². The third-order valence-corrected chi connectivity index (χ3v) is 5.41. The molecule has 0 saturated heterocycles. The fourth-order valence-corrected chi connectivity index (χ4v) is 3.65. The Balaban J connectivity index is 1.88. The van der Waals surface area contributed by atoms with Crippen LogP contribution in [0.3, 0.4) is 0 Å². The van der Waals surface area contributed by atoms with Crippen LogP contribution in [0.15, 0.2) is 40.8 Å². The van der Waals surface area contributed by atoms with Crippen molar-refractivity contribution in [3.05, 3.63) is 51.9 Å². The maximum absolute atomic E-state index is 12.9. The summed E-state index contributed by atoms with van der Waals surface area (Å²) in [5.41, 5.74) is 2.99. The van der Waals surface area contributed by atoms with Gasteiger partial charge in [-0.25, -0.2) is 4.98 Å². The molecule has 0 aliphatic heterocycles. The molecule has 0 fully saturated rings. The standard InChI is InChI=1S/C20H23N3O2S/c1-4-14(3)22-17(24)9-10-23-12-21-19-18(20(23)25)16(11-26-19)15-7-5-13(2)6-8-15/h5-8,11-12,14H,4,9-10H2,1-3H3,(H,22,24). The first-order chi connectivity index (χ1) is 12.5. The molecule has 0 saturated carbocycles. The molecular weight excluding hydrogens is 346 g/mol. The molecule has 2 heterocycles. The number of benzene rings is 1. The third kappa shape index (κ3) is 3.85. The molecule has 1 amide bonds. The number of nitrogens with zero attached hydrogens (tertiary/aromatic N) is 2. The first-order valence-corrected chi connectivity index (χ1v) is 9.70. The van der Waals surface area contributed by atoms with Gasteiger partial charge in [-0.3, -0.25) is 14.2 Å². The topological polar surface area (TPSA) is 64.0 Å². The summed E-state index contributed by atoms with van der Waals surface area (Å²) in [5.74, 6) is -0.0459. The van der Waals surface area contributed by atoms with Gasteiger partial charge in [0, 0.05) is 30.0 Å². The maximum Gasteiger partial charge on any atom is 0.262 e. The van der Waals surface area contributed by atoms with Crippen LogP contribution in [0.25, 0.3) is 21.3 Å². The second-order valence-electron chi connectivity index (χ2n) is 6.57. The average molecular weight is 369 g/mol. The number of hydrogen-bond acceptors (Lipinski definition) is 4. The van der Waals surface area contributed by atoms with Crippen LogP contribution in [0.1, 0.15) is 32.3 Å². The van der Waals surface area contributed by atoms with Crippen LogP contribution >= 0.6 is 11.3 Å². The highest BCUT2D eigenvalue weighted by atomic mass is 32.1. The lowest BCUT2D eigenvalue weighted by atomic mass is 10.1. The first-order valence-electron chi connectivity index (χ1n) is 8.82. The second-order valence-corrected chi connectivity index (χ2v) is 7.42. The Labute approximate surface area is 156 Å². The molecule has 5 nitrogen and oxygen atoms in total. The Morgan fingerprint density at radius 1 is 1.31 bits per heavy atom. The van der Waals surface area contributed by atoms with Gasteiger partial charge in [-0.05, 0) is 25.8 Å². The lowest BCUT2D eigenvalue weighted by molar-refractivity contribution is -0.121. The minimum atomic E-state index is -0.0943. The Kier molecular flexibility index (Phi) is 5.52. The molecular formula is C20H23N3O2S. The number of fused-ring (bicyclic) bond motifs is 1. The van der Waals surface area contributed by atoms with E-state index in [2.05, 4.69) is 10.3 Å². The molecule has 0 radical (unpaired) electrons. The molecule has 0 spiro atoms. The van der Waals surface area contributed by atoms with Crippen molar-refractivity contribution in [2.75, 3.05) is 0 Å². The SMILES string of the molecule is CCC(C)NC(=O)CCn1cnc2scc(-c3ccc(C)cc3)c2c1=O. The molecule has 0 aliphatic carbocycles. The minimum Gasteiger partial charge on any atom is -0.354 e. The summed E-state index contributed by atoms with van der Waals surface area (Å²) < 4.78 is 1.53. The van der Waals surface area contributed by atoms with Crippen molar-refractivity contribution in [3.8, 4) is 11.1 Å². The van der Waals surface area contributed by atoms with Crippen molar-refractivity contribution in [2.45, 2.75) is 46.2 Å². The number of rotatable bonds is 6. The summed E-state index contributed by atoms with van der Waals surface area (Å²) in [6.07, 6.45) is 2.69. The number of amides is 1. The quantitative estimate of drug-likeness (QED) is 0.720.